The molecule has 6 atom stereocenters. The number of hydrogen-bond donors (Lipinski definition) is 1. The first-order chi connectivity index (χ1) is 9.69. The highest BCUT2D eigenvalue weighted by atomic mass is 15.2. The van der Waals surface area contributed by atoms with Crippen LogP contribution in [0.3, 0.4) is 0 Å². The van der Waals surface area contributed by atoms with E-state index in [0.717, 1.165) is 35.8 Å². The van der Waals surface area contributed by atoms with Crippen LogP contribution in [0.25, 0.3) is 0 Å². The van der Waals surface area contributed by atoms with Crippen LogP contribution in [0.2, 0.25) is 0 Å². The Morgan fingerprint density at radius 3 is 2.60 bits per heavy atom. The van der Waals surface area contributed by atoms with Gasteiger partial charge in [-0.25, -0.2) is 0 Å². The highest BCUT2D eigenvalue weighted by Crippen LogP contribution is 2.48. The van der Waals surface area contributed by atoms with Crippen molar-refractivity contribution in [1.82, 2.24) is 10.2 Å². The van der Waals surface area contributed by atoms with Gasteiger partial charge in [0.2, 0.25) is 0 Å². The molecule has 2 saturated carbocycles. The molecule has 1 aliphatic heterocycles. The molecule has 0 amide bonds. The quantitative estimate of drug-likeness (QED) is 0.828. The maximum Gasteiger partial charge on any atom is 0.0120 e. The van der Waals surface area contributed by atoms with Crippen molar-refractivity contribution < 1.29 is 0 Å². The Labute approximate surface area is 125 Å². The van der Waals surface area contributed by atoms with Gasteiger partial charge in [0.05, 0.1) is 0 Å². The van der Waals surface area contributed by atoms with Gasteiger partial charge in [-0.1, -0.05) is 20.3 Å². The van der Waals surface area contributed by atoms with E-state index in [4.69, 9.17) is 0 Å². The van der Waals surface area contributed by atoms with E-state index in [1.54, 1.807) is 12.8 Å². The Bertz CT molecular complexity index is 317. The Morgan fingerprint density at radius 2 is 1.95 bits per heavy atom. The molecular formula is C18H34N2. The summed E-state index contributed by atoms with van der Waals surface area (Å²) in [6, 6.07) is 1.51. The van der Waals surface area contributed by atoms with Crippen LogP contribution < -0.4 is 5.32 Å². The molecule has 20 heavy (non-hydrogen) atoms. The normalized spacial score (nSPS) is 45.1. The average Bonchev–Trinajstić information content (AvgIpc) is 3.05. The van der Waals surface area contributed by atoms with E-state index in [9.17, 15) is 0 Å². The zero-order valence-corrected chi connectivity index (χ0v) is 13.8. The second-order valence-corrected chi connectivity index (χ2v) is 7.88. The van der Waals surface area contributed by atoms with E-state index in [1.165, 1.54) is 45.3 Å². The van der Waals surface area contributed by atoms with Gasteiger partial charge in [0.25, 0.3) is 0 Å². The second kappa shape index (κ2) is 6.36. The number of nitrogens with zero attached hydrogens (tertiary/aromatic N) is 1. The summed E-state index contributed by atoms with van der Waals surface area (Å²) < 4.78 is 0. The van der Waals surface area contributed by atoms with Gasteiger partial charge in [0.1, 0.15) is 0 Å². The lowest BCUT2D eigenvalue weighted by Gasteiger charge is -2.44. The minimum Gasteiger partial charge on any atom is -0.314 e. The fourth-order valence-electron chi connectivity index (χ4n) is 5.22. The van der Waals surface area contributed by atoms with Gasteiger partial charge in [0.15, 0.2) is 0 Å². The highest BCUT2D eigenvalue weighted by Gasteiger charge is 2.41. The lowest BCUT2D eigenvalue weighted by molar-refractivity contribution is 0.0607. The van der Waals surface area contributed by atoms with E-state index in [-0.39, 0.29) is 0 Å². The first-order valence-corrected chi connectivity index (χ1v) is 9.16. The molecule has 0 aromatic rings. The van der Waals surface area contributed by atoms with Crippen LogP contribution >= 0.6 is 0 Å². The van der Waals surface area contributed by atoms with Crippen LogP contribution in [-0.2, 0) is 0 Å². The molecule has 2 bridgehead atoms. The summed E-state index contributed by atoms with van der Waals surface area (Å²) in [6.45, 7) is 11.1. The van der Waals surface area contributed by atoms with Crippen molar-refractivity contribution in [1.29, 1.82) is 0 Å². The molecule has 3 aliphatic rings. The predicted octanol–water partition coefficient (Wildman–Crippen LogP) is 3.52. The summed E-state index contributed by atoms with van der Waals surface area (Å²) in [4.78, 5) is 2.82. The van der Waals surface area contributed by atoms with Crippen LogP contribution in [0.5, 0.6) is 0 Å². The fourth-order valence-corrected chi connectivity index (χ4v) is 5.22. The molecule has 3 rings (SSSR count). The minimum absolute atomic E-state index is 0.751. The van der Waals surface area contributed by atoms with Gasteiger partial charge in [-0.05, 0) is 75.8 Å². The van der Waals surface area contributed by atoms with Gasteiger partial charge in [0, 0.05) is 18.6 Å². The lowest BCUT2D eigenvalue weighted by Crippen LogP contribution is -2.54. The van der Waals surface area contributed by atoms with Crippen molar-refractivity contribution in [3.05, 3.63) is 0 Å². The maximum atomic E-state index is 3.77. The third-order valence-electron chi connectivity index (χ3n) is 6.71. The zero-order valence-electron chi connectivity index (χ0n) is 13.8. The number of rotatable bonds is 5. The first-order valence-electron chi connectivity index (χ1n) is 9.16. The van der Waals surface area contributed by atoms with Crippen LogP contribution in [0.1, 0.15) is 59.3 Å². The Balaban J connectivity index is 1.51. The topological polar surface area (TPSA) is 15.3 Å². The van der Waals surface area contributed by atoms with Gasteiger partial charge >= 0.3 is 0 Å². The third-order valence-corrected chi connectivity index (χ3v) is 6.71. The summed E-state index contributed by atoms with van der Waals surface area (Å²) in [5.41, 5.74) is 0. The minimum atomic E-state index is 0.751. The van der Waals surface area contributed by atoms with Crippen molar-refractivity contribution in [3.8, 4) is 0 Å². The molecule has 2 aliphatic carbocycles. The van der Waals surface area contributed by atoms with E-state index in [0.29, 0.717) is 0 Å². The molecule has 116 valence electrons. The van der Waals surface area contributed by atoms with Crippen molar-refractivity contribution in [3.63, 3.8) is 0 Å². The second-order valence-electron chi connectivity index (χ2n) is 7.88. The number of hydrogen-bond acceptors (Lipinski definition) is 2. The van der Waals surface area contributed by atoms with Gasteiger partial charge in [-0.15, -0.1) is 0 Å². The van der Waals surface area contributed by atoms with Crippen molar-refractivity contribution in [2.24, 2.45) is 23.7 Å². The molecule has 1 N–H and O–H groups in total. The number of nitrogens with one attached hydrogen (secondary N) is 1. The van der Waals surface area contributed by atoms with Gasteiger partial charge < -0.3 is 5.32 Å². The molecule has 2 heteroatoms. The third kappa shape index (κ3) is 2.92. The number of piperidine rings is 1. The van der Waals surface area contributed by atoms with Gasteiger partial charge in [-0.2, -0.15) is 0 Å². The predicted molar refractivity (Wildman–Crippen MR) is 85.8 cm³/mol. The highest BCUT2D eigenvalue weighted by molar-refractivity contribution is 4.94. The number of likely N-dealkylation sites (tertiary alicyclic amines) is 1. The summed E-state index contributed by atoms with van der Waals surface area (Å²) in [5, 5.41) is 3.77. The van der Waals surface area contributed by atoms with Crippen molar-refractivity contribution in [2.75, 3.05) is 19.6 Å². The van der Waals surface area contributed by atoms with Crippen molar-refractivity contribution in [2.45, 2.75) is 71.4 Å². The molecule has 3 fully saturated rings. The summed E-state index contributed by atoms with van der Waals surface area (Å²) >= 11 is 0. The average molecular weight is 278 g/mol. The summed E-state index contributed by atoms with van der Waals surface area (Å²) in [7, 11) is 0. The van der Waals surface area contributed by atoms with Crippen LogP contribution in [0.15, 0.2) is 0 Å². The van der Waals surface area contributed by atoms with Crippen LogP contribution in [0, 0.1) is 23.7 Å². The van der Waals surface area contributed by atoms with Gasteiger partial charge in [-0.3, -0.25) is 4.90 Å². The molecular weight excluding hydrogens is 244 g/mol. The molecule has 2 nitrogen and oxygen atoms in total. The largest absolute Gasteiger partial charge is 0.314 e. The van der Waals surface area contributed by atoms with E-state index < -0.39 is 0 Å². The van der Waals surface area contributed by atoms with E-state index in [1.807, 2.05) is 0 Å². The lowest BCUT2D eigenvalue weighted by atomic mass is 9.83. The molecule has 0 aromatic carbocycles. The Hall–Kier alpha value is -0.0800. The van der Waals surface area contributed by atoms with Crippen molar-refractivity contribution >= 4 is 0 Å². The van der Waals surface area contributed by atoms with E-state index >= 15 is 0 Å². The number of fused-ring (bicyclic) bond motifs is 2. The zero-order chi connectivity index (χ0) is 14.1. The smallest absolute Gasteiger partial charge is 0.0120 e. The molecule has 1 saturated heterocycles. The fraction of sp³-hybridized carbons (Fsp3) is 1.00. The summed E-state index contributed by atoms with van der Waals surface area (Å²) in [5.74, 6) is 4.01. The van der Waals surface area contributed by atoms with Crippen LogP contribution in [0.4, 0.5) is 0 Å². The summed E-state index contributed by atoms with van der Waals surface area (Å²) in [6.07, 6.45) is 8.78. The molecule has 0 radical (unpaired) electrons. The van der Waals surface area contributed by atoms with Crippen LogP contribution in [-0.4, -0.2) is 36.6 Å². The van der Waals surface area contributed by atoms with E-state index in [2.05, 4.69) is 31.0 Å². The molecule has 0 spiro atoms. The molecule has 1 heterocycles. The monoisotopic (exact) mass is 278 g/mol. The SMILES string of the molecule is CCCNC1CCN(CC2CC3CCC2C3)C(C)C1C. The molecule has 0 aromatic heterocycles. The Morgan fingerprint density at radius 1 is 1.10 bits per heavy atom. The Kier molecular flexibility index (Phi) is 4.72. The molecule has 6 unspecified atom stereocenters. The first kappa shape index (κ1) is 14.8. The standard InChI is InChI=1S/C18H34N2/c1-4-8-19-18-7-9-20(14(3)13(18)2)12-17-11-15-5-6-16(17)10-15/h13-19H,4-12H2,1-3H3. The maximum absolute atomic E-state index is 3.77.